The van der Waals surface area contributed by atoms with Gasteiger partial charge in [0.05, 0.1) is 6.04 Å². The van der Waals surface area contributed by atoms with Gasteiger partial charge in [0, 0.05) is 31.2 Å². The van der Waals surface area contributed by atoms with Gasteiger partial charge >= 0.3 is 0 Å². The van der Waals surface area contributed by atoms with E-state index in [-0.39, 0.29) is 29.7 Å². The van der Waals surface area contributed by atoms with Crippen LogP contribution in [0.15, 0.2) is 36.7 Å². The number of benzene rings is 1. The normalized spacial score (nSPS) is 20.4. The average Bonchev–Trinajstić information content (AvgIpc) is 3.59. The maximum Gasteiger partial charge on any atom is 0.246 e. The second-order valence-electron chi connectivity index (χ2n) is 9.73. The van der Waals surface area contributed by atoms with Gasteiger partial charge in [0.1, 0.15) is 33.4 Å². The molecule has 2 aliphatic heterocycles. The minimum atomic E-state index is -0.537. The van der Waals surface area contributed by atoms with Crippen LogP contribution in [0.4, 0.5) is 0 Å². The lowest BCUT2D eigenvalue weighted by molar-refractivity contribution is -0.140. The first-order valence-electron chi connectivity index (χ1n) is 12.9. The molecule has 36 heavy (non-hydrogen) atoms. The second-order valence-corrected chi connectivity index (χ2v) is 10.7. The van der Waals surface area contributed by atoms with Gasteiger partial charge in [-0.05, 0) is 38.0 Å². The minimum Gasteiger partial charge on any atom is -0.381 e. The van der Waals surface area contributed by atoms with Crippen molar-refractivity contribution in [3.8, 4) is 11.3 Å². The van der Waals surface area contributed by atoms with Crippen LogP contribution in [0.25, 0.3) is 21.6 Å². The number of carbonyl (C=O) groups is 2. The molecule has 8 nitrogen and oxygen atoms in total. The van der Waals surface area contributed by atoms with Gasteiger partial charge in [-0.2, -0.15) is 0 Å². The molecular formula is C27H33N5O3S. The summed E-state index contributed by atoms with van der Waals surface area (Å²) in [6, 6.07) is 9.32. The van der Waals surface area contributed by atoms with Gasteiger partial charge in [0.15, 0.2) is 0 Å². The fourth-order valence-corrected chi connectivity index (χ4v) is 6.15. The Labute approximate surface area is 215 Å². The Balaban J connectivity index is 1.44. The molecule has 5 rings (SSSR count). The molecule has 2 fully saturated rings. The fraction of sp³-hybridized carbons (Fsp3) is 0.519. The summed E-state index contributed by atoms with van der Waals surface area (Å²) in [4.78, 5) is 43.6. The summed E-state index contributed by atoms with van der Waals surface area (Å²) in [5, 5.41) is 4.00. The molecule has 0 spiro atoms. The number of rotatable bonds is 7. The van der Waals surface area contributed by atoms with Gasteiger partial charge < -0.3 is 15.0 Å². The summed E-state index contributed by atoms with van der Waals surface area (Å²) in [6.07, 6.45) is 5.61. The monoisotopic (exact) mass is 507 g/mol. The van der Waals surface area contributed by atoms with E-state index in [4.69, 9.17) is 9.72 Å². The van der Waals surface area contributed by atoms with Crippen LogP contribution in [0.2, 0.25) is 0 Å². The summed E-state index contributed by atoms with van der Waals surface area (Å²) in [6.45, 7) is 5.80. The molecule has 9 heteroatoms. The van der Waals surface area contributed by atoms with Gasteiger partial charge in [-0.15, -0.1) is 0 Å². The lowest BCUT2D eigenvalue weighted by Crippen LogP contribution is -2.54. The quantitative estimate of drug-likeness (QED) is 0.510. The first-order valence-corrected chi connectivity index (χ1v) is 13.7. The third-order valence-corrected chi connectivity index (χ3v) is 8.51. The van der Waals surface area contributed by atoms with Crippen LogP contribution in [0.3, 0.4) is 0 Å². The SMILES string of the molecule is CC[C@@H](C)C(=O)N[C@H](C(=O)N1CCC[C@H]1c1nc2c(-c3ccccc3)ncnc2s1)C1CCOCC1. The molecule has 4 heterocycles. The number of thiazole rings is 1. The number of ether oxygens (including phenoxy) is 1. The number of amides is 2. The molecule has 0 saturated carbocycles. The van der Waals surface area contributed by atoms with Crippen molar-refractivity contribution < 1.29 is 14.3 Å². The summed E-state index contributed by atoms with van der Waals surface area (Å²) in [7, 11) is 0. The molecule has 0 aliphatic carbocycles. The Morgan fingerprint density at radius 2 is 1.94 bits per heavy atom. The van der Waals surface area contributed by atoms with Gasteiger partial charge in [-0.25, -0.2) is 15.0 Å². The highest BCUT2D eigenvalue weighted by Gasteiger charge is 2.40. The number of likely N-dealkylation sites (tertiary alicyclic amines) is 1. The summed E-state index contributed by atoms with van der Waals surface area (Å²) in [5.74, 6) is -0.115. The van der Waals surface area contributed by atoms with E-state index in [0.29, 0.717) is 19.8 Å². The number of hydrogen-bond acceptors (Lipinski definition) is 7. The van der Waals surface area contributed by atoms with Crippen molar-refractivity contribution in [1.29, 1.82) is 0 Å². The number of hydrogen-bond donors (Lipinski definition) is 1. The third-order valence-electron chi connectivity index (χ3n) is 7.44. The molecular weight excluding hydrogens is 474 g/mol. The van der Waals surface area contributed by atoms with Crippen molar-refractivity contribution in [3.05, 3.63) is 41.7 Å². The van der Waals surface area contributed by atoms with Crippen LogP contribution in [0.1, 0.15) is 57.0 Å². The highest BCUT2D eigenvalue weighted by atomic mass is 32.1. The van der Waals surface area contributed by atoms with Crippen molar-refractivity contribution in [3.63, 3.8) is 0 Å². The van der Waals surface area contributed by atoms with Gasteiger partial charge in [0.25, 0.3) is 0 Å². The molecule has 2 aromatic heterocycles. The van der Waals surface area contributed by atoms with E-state index >= 15 is 0 Å². The number of carbonyl (C=O) groups excluding carboxylic acids is 2. The van der Waals surface area contributed by atoms with Crippen LogP contribution in [-0.2, 0) is 14.3 Å². The molecule has 1 aromatic carbocycles. The highest BCUT2D eigenvalue weighted by Crippen LogP contribution is 2.38. The van der Waals surface area contributed by atoms with Crippen LogP contribution in [0, 0.1) is 11.8 Å². The minimum absolute atomic E-state index is 0.00493. The molecule has 2 aliphatic rings. The predicted octanol–water partition coefficient (Wildman–Crippen LogP) is 4.37. The summed E-state index contributed by atoms with van der Waals surface area (Å²) in [5.41, 5.74) is 2.57. The molecule has 2 saturated heterocycles. The standard InChI is InChI=1S/C27H33N5O3S/c1-3-17(2)24(33)30-22(19-11-14-35-15-12-19)27(34)32-13-7-10-20(32)25-31-23-21(18-8-5-4-6-9-18)28-16-29-26(23)36-25/h4-6,8-9,16-17,19-20,22H,3,7,10-15H2,1-2H3,(H,30,33)/t17-,20+,22+/m1/s1. The maximum absolute atomic E-state index is 14.0. The van der Waals surface area contributed by atoms with E-state index in [1.807, 2.05) is 49.1 Å². The largest absolute Gasteiger partial charge is 0.381 e. The Bertz CT molecular complexity index is 1210. The molecule has 0 bridgehead atoms. The molecule has 3 aromatic rings. The molecule has 2 amide bonds. The topological polar surface area (TPSA) is 97.3 Å². The highest BCUT2D eigenvalue weighted by molar-refractivity contribution is 7.18. The molecule has 0 unspecified atom stereocenters. The lowest BCUT2D eigenvalue weighted by Gasteiger charge is -2.35. The van der Waals surface area contributed by atoms with Crippen molar-refractivity contribution in [2.24, 2.45) is 11.8 Å². The molecule has 190 valence electrons. The maximum atomic E-state index is 14.0. The number of nitrogens with zero attached hydrogens (tertiary/aromatic N) is 4. The first kappa shape index (κ1) is 24.8. The van der Waals surface area contributed by atoms with E-state index in [1.54, 1.807) is 6.33 Å². The van der Waals surface area contributed by atoms with Crippen LogP contribution in [-0.4, -0.2) is 57.5 Å². The number of aromatic nitrogens is 3. The van der Waals surface area contributed by atoms with Crippen LogP contribution >= 0.6 is 11.3 Å². The van der Waals surface area contributed by atoms with Crippen LogP contribution in [0.5, 0.6) is 0 Å². The number of fused-ring (bicyclic) bond motifs is 1. The van der Waals surface area contributed by atoms with Crippen molar-refractivity contribution in [1.82, 2.24) is 25.2 Å². The summed E-state index contributed by atoms with van der Waals surface area (Å²) < 4.78 is 5.54. The summed E-state index contributed by atoms with van der Waals surface area (Å²) >= 11 is 1.53. The Kier molecular flexibility index (Phi) is 7.57. The van der Waals surface area contributed by atoms with Crippen molar-refractivity contribution in [2.75, 3.05) is 19.8 Å². The Morgan fingerprint density at radius 1 is 1.17 bits per heavy atom. The van der Waals surface area contributed by atoms with Gasteiger partial charge in [0.2, 0.25) is 11.8 Å². The van der Waals surface area contributed by atoms with E-state index in [9.17, 15) is 9.59 Å². The zero-order valence-electron chi connectivity index (χ0n) is 20.9. The Hall–Kier alpha value is -2.91. The van der Waals surface area contributed by atoms with E-state index in [0.717, 1.165) is 58.7 Å². The van der Waals surface area contributed by atoms with Crippen molar-refractivity contribution >= 4 is 33.5 Å². The lowest BCUT2D eigenvalue weighted by atomic mass is 9.90. The molecule has 1 N–H and O–H groups in total. The van der Waals surface area contributed by atoms with Gasteiger partial charge in [-0.3, -0.25) is 9.59 Å². The third kappa shape index (κ3) is 4.99. The van der Waals surface area contributed by atoms with E-state index in [2.05, 4.69) is 15.3 Å². The van der Waals surface area contributed by atoms with Crippen LogP contribution < -0.4 is 5.32 Å². The second kappa shape index (κ2) is 11.0. The first-order chi connectivity index (χ1) is 17.6. The Morgan fingerprint density at radius 3 is 2.69 bits per heavy atom. The van der Waals surface area contributed by atoms with Crippen molar-refractivity contribution in [2.45, 2.75) is 58.0 Å². The zero-order chi connectivity index (χ0) is 25.1. The smallest absolute Gasteiger partial charge is 0.246 e. The predicted molar refractivity (Wildman–Crippen MR) is 139 cm³/mol. The molecule has 0 radical (unpaired) electrons. The van der Waals surface area contributed by atoms with Gasteiger partial charge in [-0.1, -0.05) is 55.5 Å². The zero-order valence-corrected chi connectivity index (χ0v) is 21.7. The average molecular weight is 508 g/mol. The number of nitrogens with one attached hydrogen (secondary N) is 1. The van der Waals surface area contributed by atoms with E-state index in [1.165, 1.54) is 11.3 Å². The molecule has 3 atom stereocenters. The fourth-order valence-electron chi connectivity index (χ4n) is 5.10. The van der Waals surface area contributed by atoms with E-state index < -0.39 is 6.04 Å².